The summed E-state index contributed by atoms with van der Waals surface area (Å²) < 4.78 is 41.0. The molecule has 0 bridgehead atoms. The van der Waals surface area contributed by atoms with E-state index in [9.17, 15) is 23.1 Å². The van der Waals surface area contributed by atoms with Gasteiger partial charge >= 0.3 is 12.1 Å². The molecule has 0 aliphatic carbocycles. The summed E-state index contributed by atoms with van der Waals surface area (Å²) in [6.45, 7) is 3.36. The maximum absolute atomic E-state index is 13.1. The molecule has 0 aliphatic rings. The molecule has 0 atom stereocenters. The van der Waals surface area contributed by atoms with Gasteiger partial charge in [-0.2, -0.15) is 13.2 Å². The summed E-state index contributed by atoms with van der Waals surface area (Å²) in [6, 6.07) is 2.18. The van der Waals surface area contributed by atoms with Gasteiger partial charge in [0.2, 0.25) is 0 Å². The number of carboxylic acids is 1. The Balaban J connectivity index is 2.18. The van der Waals surface area contributed by atoms with Crippen LogP contribution in [0.4, 0.5) is 13.2 Å². The van der Waals surface area contributed by atoms with Gasteiger partial charge in [-0.25, -0.2) is 9.78 Å². The van der Waals surface area contributed by atoms with Crippen LogP contribution in [0, 0.1) is 13.8 Å². The highest BCUT2D eigenvalue weighted by Gasteiger charge is 2.31. The summed E-state index contributed by atoms with van der Waals surface area (Å²) in [4.78, 5) is 15.1. The summed E-state index contributed by atoms with van der Waals surface area (Å²) in [5.74, 6) is -1.25. The van der Waals surface area contributed by atoms with Gasteiger partial charge in [0, 0.05) is 23.3 Å². The van der Waals surface area contributed by atoms with Gasteiger partial charge in [0.05, 0.1) is 28.2 Å². The number of hydrogen-bond donors (Lipinski definition) is 1. The molecule has 0 fully saturated rings. The lowest BCUT2D eigenvalue weighted by atomic mass is 10.1. The van der Waals surface area contributed by atoms with Gasteiger partial charge in [-0.05, 0) is 37.1 Å². The number of nitrogens with zero attached hydrogens (tertiary/aromatic N) is 2. The van der Waals surface area contributed by atoms with Crippen molar-refractivity contribution in [1.29, 1.82) is 0 Å². The van der Waals surface area contributed by atoms with E-state index in [1.54, 1.807) is 24.6 Å². The molecule has 0 aliphatic heterocycles. The first-order chi connectivity index (χ1) is 12.5. The van der Waals surface area contributed by atoms with Crippen molar-refractivity contribution in [3.05, 3.63) is 62.5 Å². The molecule has 0 spiro atoms. The summed E-state index contributed by atoms with van der Waals surface area (Å²) in [5, 5.41) is 9.64. The highest BCUT2D eigenvalue weighted by atomic mass is 35.5. The molecule has 1 aromatic carbocycles. The number of pyridine rings is 1. The van der Waals surface area contributed by atoms with Gasteiger partial charge in [0.1, 0.15) is 5.15 Å². The van der Waals surface area contributed by atoms with E-state index < -0.39 is 17.7 Å². The molecular formula is C18H13Cl2F3N2O2. The number of carbonyl (C=O) groups is 1. The van der Waals surface area contributed by atoms with Crippen molar-refractivity contribution in [2.75, 3.05) is 0 Å². The summed E-state index contributed by atoms with van der Waals surface area (Å²) in [5.41, 5.74) is 1.04. The standard InChI is InChI=1S/C18H13Cl2F3N2O2/c1-8-3-10(18(21,22)23)4-11-9(2)6-25(15(8)11)7-13-14(19)12(17(26)27)5-24-16(13)20/h3-6H,7H2,1-2H3,(H,26,27). The maximum atomic E-state index is 13.1. The topological polar surface area (TPSA) is 55.1 Å². The first kappa shape index (κ1) is 19.5. The van der Waals surface area contributed by atoms with Crippen LogP contribution in [0.15, 0.2) is 24.5 Å². The Hall–Kier alpha value is -2.25. The van der Waals surface area contributed by atoms with Crippen LogP contribution in [-0.2, 0) is 12.7 Å². The molecule has 2 aromatic heterocycles. The fourth-order valence-electron chi connectivity index (χ4n) is 3.08. The number of fused-ring (bicyclic) bond motifs is 1. The minimum atomic E-state index is -4.44. The molecule has 0 unspecified atom stereocenters. The molecule has 27 heavy (non-hydrogen) atoms. The number of aromatic nitrogens is 2. The fourth-order valence-corrected chi connectivity index (χ4v) is 3.61. The Morgan fingerprint density at radius 1 is 1.22 bits per heavy atom. The molecule has 0 radical (unpaired) electrons. The highest BCUT2D eigenvalue weighted by molar-refractivity contribution is 6.37. The van der Waals surface area contributed by atoms with E-state index in [-0.39, 0.29) is 27.8 Å². The number of aromatic carboxylic acids is 1. The van der Waals surface area contributed by atoms with E-state index in [2.05, 4.69) is 4.98 Å². The third-order valence-electron chi connectivity index (χ3n) is 4.31. The summed E-state index contributed by atoms with van der Waals surface area (Å²) in [6.07, 6.45) is -1.70. The quantitative estimate of drug-likeness (QED) is 0.555. The van der Waals surface area contributed by atoms with Crippen molar-refractivity contribution in [3.63, 3.8) is 0 Å². The van der Waals surface area contributed by atoms with Crippen molar-refractivity contribution < 1.29 is 23.1 Å². The van der Waals surface area contributed by atoms with Crippen molar-refractivity contribution in [2.45, 2.75) is 26.6 Å². The van der Waals surface area contributed by atoms with Crippen LogP contribution in [-0.4, -0.2) is 20.6 Å². The van der Waals surface area contributed by atoms with Crippen LogP contribution < -0.4 is 0 Å². The van der Waals surface area contributed by atoms with Crippen LogP contribution in [0.25, 0.3) is 10.9 Å². The fraction of sp³-hybridized carbons (Fsp3) is 0.222. The van der Waals surface area contributed by atoms with E-state index in [1.807, 2.05) is 0 Å². The zero-order valence-electron chi connectivity index (χ0n) is 14.2. The van der Waals surface area contributed by atoms with Gasteiger partial charge in [-0.1, -0.05) is 23.2 Å². The first-order valence-corrected chi connectivity index (χ1v) is 8.49. The number of halogens is 5. The van der Waals surface area contributed by atoms with Crippen molar-refractivity contribution in [2.24, 2.45) is 0 Å². The number of carboxylic acid groups (broad SMARTS) is 1. The summed E-state index contributed by atoms with van der Waals surface area (Å²) >= 11 is 12.3. The van der Waals surface area contributed by atoms with Gasteiger partial charge in [0.25, 0.3) is 0 Å². The van der Waals surface area contributed by atoms with Crippen LogP contribution in [0.5, 0.6) is 0 Å². The smallest absolute Gasteiger partial charge is 0.416 e. The normalized spacial score (nSPS) is 12.0. The molecule has 1 N–H and O–H groups in total. The predicted molar refractivity (Wildman–Crippen MR) is 96.7 cm³/mol. The number of benzene rings is 1. The second-order valence-corrected chi connectivity index (χ2v) is 6.92. The van der Waals surface area contributed by atoms with Gasteiger partial charge < -0.3 is 9.67 Å². The van der Waals surface area contributed by atoms with Gasteiger partial charge in [0.15, 0.2) is 0 Å². The van der Waals surface area contributed by atoms with E-state index in [0.717, 1.165) is 18.3 Å². The molecule has 4 nitrogen and oxygen atoms in total. The third kappa shape index (κ3) is 3.49. The molecule has 142 valence electrons. The number of rotatable bonds is 3. The van der Waals surface area contributed by atoms with E-state index in [1.165, 1.54) is 0 Å². The molecule has 0 amide bonds. The lowest BCUT2D eigenvalue weighted by Crippen LogP contribution is -2.08. The van der Waals surface area contributed by atoms with Crippen molar-refractivity contribution >= 4 is 40.1 Å². The average molecular weight is 417 g/mol. The molecule has 2 heterocycles. The lowest BCUT2D eigenvalue weighted by Gasteiger charge is -2.13. The monoisotopic (exact) mass is 416 g/mol. The maximum Gasteiger partial charge on any atom is 0.416 e. The van der Waals surface area contributed by atoms with Crippen LogP contribution >= 0.6 is 23.2 Å². The number of alkyl halides is 3. The van der Waals surface area contributed by atoms with Gasteiger partial charge in [-0.3, -0.25) is 0 Å². The zero-order valence-corrected chi connectivity index (χ0v) is 15.7. The van der Waals surface area contributed by atoms with Crippen LogP contribution in [0.1, 0.15) is 32.6 Å². The molecule has 0 saturated heterocycles. The lowest BCUT2D eigenvalue weighted by molar-refractivity contribution is -0.137. The average Bonchev–Trinajstić information content (AvgIpc) is 2.87. The minimum absolute atomic E-state index is 0.0362. The summed E-state index contributed by atoms with van der Waals surface area (Å²) in [7, 11) is 0. The van der Waals surface area contributed by atoms with E-state index >= 15 is 0 Å². The molecule has 3 rings (SSSR count). The Kier molecular flexibility index (Phi) is 4.86. The third-order valence-corrected chi connectivity index (χ3v) is 5.06. The first-order valence-electron chi connectivity index (χ1n) is 7.74. The Labute approximate surface area is 162 Å². The molecule has 0 saturated carbocycles. The van der Waals surface area contributed by atoms with Crippen LogP contribution in [0.3, 0.4) is 0 Å². The Bertz CT molecular complexity index is 1070. The molecule has 3 aromatic rings. The Morgan fingerprint density at radius 2 is 1.89 bits per heavy atom. The van der Waals surface area contributed by atoms with Crippen LogP contribution in [0.2, 0.25) is 10.2 Å². The van der Waals surface area contributed by atoms with Crippen molar-refractivity contribution in [3.8, 4) is 0 Å². The highest BCUT2D eigenvalue weighted by Crippen LogP contribution is 2.36. The second-order valence-electron chi connectivity index (χ2n) is 6.19. The van der Waals surface area contributed by atoms with E-state index in [0.29, 0.717) is 22.0 Å². The van der Waals surface area contributed by atoms with E-state index in [4.69, 9.17) is 23.2 Å². The Morgan fingerprint density at radius 3 is 2.48 bits per heavy atom. The molecule has 9 heteroatoms. The SMILES string of the molecule is Cc1cn(Cc2c(Cl)ncc(C(=O)O)c2Cl)c2c(C)cc(C(F)(F)F)cc12. The predicted octanol–water partition coefficient (Wildman–Crippen LogP) is 5.73. The second kappa shape index (κ2) is 6.73. The van der Waals surface area contributed by atoms with Gasteiger partial charge in [-0.15, -0.1) is 0 Å². The van der Waals surface area contributed by atoms with Crippen molar-refractivity contribution in [1.82, 2.24) is 9.55 Å². The largest absolute Gasteiger partial charge is 0.478 e. The zero-order chi connectivity index (χ0) is 20.1. The number of aryl methyl sites for hydroxylation is 2. The number of hydrogen-bond acceptors (Lipinski definition) is 2. The minimum Gasteiger partial charge on any atom is -0.478 e. The molecular weight excluding hydrogens is 404 g/mol.